The van der Waals surface area contributed by atoms with Crippen molar-refractivity contribution in [1.82, 2.24) is 25.3 Å². The van der Waals surface area contributed by atoms with Crippen LogP contribution in [0.2, 0.25) is 0 Å². The molecule has 2 aliphatic heterocycles. The molecule has 33 heavy (non-hydrogen) atoms. The molecule has 5 rings (SSSR count). The summed E-state index contributed by atoms with van der Waals surface area (Å²) in [6.45, 7) is 7.88. The molecule has 9 nitrogen and oxygen atoms in total. The Morgan fingerprint density at radius 1 is 1.27 bits per heavy atom. The summed E-state index contributed by atoms with van der Waals surface area (Å²) < 4.78 is 5.47. The highest BCUT2D eigenvalue weighted by molar-refractivity contribution is 6.01. The third-order valence-corrected chi connectivity index (χ3v) is 6.13. The normalized spacial score (nSPS) is 21.0. The zero-order valence-corrected chi connectivity index (χ0v) is 18.9. The van der Waals surface area contributed by atoms with Gasteiger partial charge in [0.15, 0.2) is 0 Å². The van der Waals surface area contributed by atoms with Gasteiger partial charge in [-0.3, -0.25) is 0 Å². The molecule has 2 aliphatic rings. The Labute approximate surface area is 192 Å². The number of hydrogen-bond donors (Lipinski definition) is 3. The predicted octanol–water partition coefficient (Wildman–Crippen LogP) is 2.83. The molecule has 0 radical (unpaired) electrons. The van der Waals surface area contributed by atoms with Gasteiger partial charge < -0.3 is 25.3 Å². The number of aromatic amines is 1. The number of rotatable bonds is 5. The number of fused-ring (bicyclic) bond motifs is 1. The lowest BCUT2D eigenvalue weighted by Crippen LogP contribution is -2.54. The summed E-state index contributed by atoms with van der Waals surface area (Å²) in [7, 11) is 0. The second kappa shape index (κ2) is 9.17. The Morgan fingerprint density at radius 2 is 2.12 bits per heavy atom. The van der Waals surface area contributed by atoms with E-state index < -0.39 is 0 Å². The number of nitrogens with zero attached hydrogens (tertiary/aromatic N) is 5. The zero-order valence-electron chi connectivity index (χ0n) is 18.9. The van der Waals surface area contributed by atoms with Gasteiger partial charge in [0, 0.05) is 49.3 Å². The Morgan fingerprint density at radius 3 is 2.88 bits per heavy atom. The molecule has 0 saturated carbocycles. The minimum Gasteiger partial charge on any atom is -0.377 e. The molecular weight excluding hydrogens is 416 g/mol. The molecule has 1 fully saturated rings. The van der Waals surface area contributed by atoms with Crippen LogP contribution in [0.4, 0.5) is 11.5 Å². The number of anilines is 2. The van der Waals surface area contributed by atoms with Crippen molar-refractivity contribution in [2.75, 3.05) is 36.5 Å². The second-order valence-electron chi connectivity index (χ2n) is 8.70. The molecule has 5 heterocycles. The molecule has 9 heteroatoms. The van der Waals surface area contributed by atoms with Gasteiger partial charge in [-0.2, -0.15) is 5.26 Å². The van der Waals surface area contributed by atoms with E-state index in [0.717, 1.165) is 47.6 Å². The highest BCUT2D eigenvalue weighted by atomic mass is 16.5. The smallest absolute Gasteiger partial charge is 0.149 e. The van der Waals surface area contributed by atoms with E-state index in [9.17, 15) is 5.26 Å². The first-order chi connectivity index (χ1) is 16.1. The van der Waals surface area contributed by atoms with Crippen LogP contribution in [0.1, 0.15) is 37.2 Å². The van der Waals surface area contributed by atoms with E-state index in [4.69, 9.17) is 9.72 Å². The SMILES string of the molecule is C[C@@H]1CN(c2ccnc(CNc3c(C#N)cnc4[nH]cc(C5=CCOCC5)c34)n2)C[C@H](C)N1. The molecule has 1 saturated heterocycles. The summed E-state index contributed by atoms with van der Waals surface area (Å²) in [5.41, 5.74) is 4.25. The largest absolute Gasteiger partial charge is 0.377 e. The van der Waals surface area contributed by atoms with Crippen molar-refractivity contribution < 1.29 is 4.74 Å². The number of H-pyrrole nitrogens is 1. The fourth-order valence-electron chi connectivity index (χ4n) is 4.72. The molecule has 3 aromatic rings. The van der Waals surface area contributed by atoms with Gasteiger partial charge in [-0.25, -0.2) is 15.0 Å². The Balaban J connectivity index is 1.44. The first kappa shape index (κ1) is 21.4. The maximum Gasteiger partial charge on any atom is 0.149 e. The van der Waals surface area contributed by atoms with E-state index in [0.29, 0.717) is 43.2 Å². The van der Waals surface area contributed by atoms with Crippen molar-refractivity contribution in [3.8, 4) is 6.07 Å². The average molecular weight is 445 g/mol. The van der Waals surface area contributed by atoms with Crippen molar-refractivity contribution in [2.45, 2.75) is 38.9 Å². The van der Waals surface area contributed by atoms with Crippen LogP contribution in [0, 0.1) is 11.3 Å². The third kappa shape index (κ3) is 4.40. The molecule has 0 amide bonds. The Kier molecular flexibility index (Phi) is 5.94. The van der Waals surface area contributed by atoms with Crippen LogP contribution in [0.25, 0.3) is 16.6 Å². The van der Waals surface area contributed by atoms with Gasteiger partial charge in [-0.1, -0.05) is 6.08 Å². The van der Waals surface area contributed by atoms with Crippen molar-refractivity contribution in [2.24, 2.45) is 0 Å². The molecule has 0 aliphatic carbocycles. The molecule has 3 N–H and O–H groups in total. The molecule has 170 valence electrons. The van der Waals surface area contributed by atoms with Crippen LogP contribution in [-0.4, -0.2) is 58.3 Å². The van der Waals surface area contributed by atoms with Gasteiger partial charge in [-0.05, 0) is 31.9 Å². The predicted molar refractivity (Wildman–Crippen MR) is 128 cm³/mol. The highest BCUT2D eigenvalue weighted by Crippen LogP contribution is 2.34. The number of piperazine rings is 1. The lowest BCUT2D eigenvalue weighted by molar-refractivity contribution is 0.161. The van der Waals surface area contributed by atoms with Gasteiger partial charge in [0.2, 0.25) is 0 Å². The number of aromatic nitrogens is 4. The number of pyridine rings is 1. The molecule has 3 aromatic heterocycles. The highest BCUT2D eigenvalue weighted by Gasteiger charge is 2.22. The second-order valence-corrected chi connectivity index (χ2v) is 8.70. The van der Waals surface area contributed by atoms with Crippen LogP contribution in [0.5, 0.6) is 0 Å². The van der Waals surface area contributed by atoms with Crippen molar-refractivity contribution in [1.29, 1.82) is 5.26 Å². The Bertz CT molecular complexity index is 1220. The summed E-state index contributed by atoms with van der Waals surface area (Å²) in [5, 5.41) is 17.7. The molecule has 2 atom stereocenters. The van der Waals surface area contributed by atoms with Crippen LogP contribution in [-0.2, 0) is 11.3 Å². The van der Waals surface area contributed by atoms with Gasteiger partial charge >= 0.3 is 0 Å². The van der Waals surface area contributed by atoms with Crippen LogP contribution in [0.3, 0.4) is 0 Å². The van der Waals surface area contributed by atoms with Crippen molar-refractivity contribution in [3.63, 3.8) is 0 Å². The van der Waals surface area contributed by atoms with Crippen molar-refractivity contribution >= 4 is 28.1 Å². The Hall–Kier alpha value is -3.48. The van der Waals surface area contributed by atoms with Crippen LogP contribution in [0.15, 0.2) is 30.7 Å². The van der Waals surface area contributed by atoms with Crippen LogP contribution >= 0.6 is 0 Å². The van der Waals surface area contributed by atoms with Gasteiger partial charge in [0.1, 0.15) is 23.4 Å². The lowest BCUT2D eigenvalue weighted by Gasteiger charge is -2.36. The fourth-order valence-corrected chi connectivity index (χ4v) is 4.72. The standard InChI is InChI=1S/C24H28N8O/c1-15-13-32(14-16(2)30-15)21-3-6-26-20(31-21)12-27-23-18(9-25)10-28-24-22(23)19(11-29-24)17-4-7-33-8-5-17/h3-4,6,10-11,15-16,30H,5,7-8,12-14H2,1-2H3,(H2,27,28,29)/t15-,16+. The maximum atomic E-state index is 9.76. The van der Waals surface area contributed by atoms with Gasteiger partial charge in [0.25, 0.3) is 0 Å². The average Bonchev–Trinajstić information content (AvgIpc) is 3.27. The third-order valence-electron chi connectivity index (χ3n) is 6.13. The maximum absolute atomic E-state index is 9.76. The molecule has 0 spiro atoms. The zero-order chi connectivity index (χ0) is 22.8. The number of ether oxygens (including phenoxy) is 1. The molecular formula is C24H28N8O. The van der Waals surface area contributed by atoms with Crippen molar-refractivity contribution in [3.05, 3.63) is 47.7 Å². The number of hydrogen-bond acceptors (Lipinski definition) is 8. The summed E-state index contributed by atoms with van der Waals surface area (Å²) in [6, 6.07) is 5.04. The van der Waals surface area contributed by atoms with E-state index >= 15 is 0 Å². The van der Waals surface area contributed by atoms with E-state index in [-0.39, 0.29) is 0 Å². The van der Waals surface area contributed by atoms with Crippen LogP contribution < -0.4 is 15.5 Å². The quantitative estimate of drug-likeness (QED) is 0.550. The fraction of sp³-hybridized carbons (Fsp3) is 0.417. The van der Waals surface area contributed by atoms with Gasteiger partial charge in [0.05, 0.1) is 36.4 Å². The molecule has 0 bridgehead atoms. The van der Waals surface area contributed by atoms with E-state index in [1.807, 2.05) is 12.3 Å². The van der Waals surface area contributed by atoms with E-state index in [1.165, 1.54) is 5.57 Å². The van der Waals surface area contributed by atoms with E-state index in [2.05, 4.69) is 56.5 Å². The summed E-state index contributed by atoms with van der Waals surface area (Å²) >= 11 is 0. The number of nitrogens with one attached hydrogen (secondary N) is 3. The lowest BCUT2D eigenvalue weighted by atomic mass is 10.00. The first-order valence-corrected chi connectivity index (χ1v) is 11.4. The summed E-state index contributed by atoms with van der Waals surface area (Å²) in [4.78, 5) is 19.3. The van der Waals surface area contributed by atoms with E-state index in [1.54, 1.807) is 12.4 Å². The topological polar surface area (TPSA) is 115 Å². The summed E-state index contributed by atoms with van der Waals surface area (Å²) in [5.74, 6) is 1.61. The van der Waals surface area contributed by atoms with Gasteiger partial charge in [-0.15, -0.1) is 0 Å². The minimum atomic E-state index is 0.403. The monoisotopic (exact) mass is 444 g/mol. The molecule has 0 unspecified atom stereocenters. The first-order valence-electron chi connectivity index (χ1n) is 11.4. The molecule has 0 aromatic carbocycles. The number of nitriles is 1. The summed E-state index contributed by atoms with van der Waals surface area (Å²) in [6.07, 6.45) is 8.29. The minimum absolute atomic E-state index is 0.403.